The Morgan fingerprint density at radius 1 is 1.52 bits per heavy atom. The lowest BCUT2D eigenvalue weighted by Crippen LogP contribution is -2.21. The van der Waals surface area contributed by atoms with Crippen LogP contribution >= 0.6 is 11.3 Å². The molecule has 0 unspecified atom stereocenters. The lowest BCUT2D eigenvalue weighted by Gasteiger charge is -2.07. The summed E-state index contributed by atoms with van der Waals surface area (Å²) in [5.41, 5.74) is 0.599. The maximum atomic E-state index is 13.3. The van der Waals surface area contributed by atoms with Gasteiger partial charge in [-0.25, -0.2) is 9.18 Å². The van der Waals surface area contributed by atoms with Crippen molar-refractivity contribution in [1.82, 2.24) is 4.57 Å². The normalized spacial score (nSPS) is 10.1. The smallest absolute Gasteiger partial charge is 0.355 e. The van der Waals surface area contributed by atoms with E-state index in [1.54, 1.807) is 13.0 Å². The van der Waals surface area contributed by atoms with Gasteiger partial charge in [0.15, 0.2) is 0 Å². The predicted octanol–water partition coefficient (Wildman–Crippen LogP) is 2.15. The van der Waals surface area contributed by atoms with Crippen LogP contribution in [-0.4, -0.2) is 17.1 Å². The molecule has 1 heterocycles. The number of hydrogen-bond acceptors (Lipinski definition) is 5. The molecule has 0 amide bonds. The van der Waals surface area contributed by atoms with Crippen molar-refractivity contribution >= 4 is 17.3 Å². The highest BCUT2D eigenvalue weighted by Crippen LogP contribution is 2.13. The quantitative estimate of drug-likeness (QED) is 0.811. The molecule has 5 nitrogen and oxygen atoms in total. The molecule has 0 fully saturated rings. The number of nitrogens with zero attached hydrogens (tertiary/aromatic N) is 2. The first-order chi connectivity index (χ1) is 10.1. The van der Waals surface area contributed by atoms with E-state index >= 15 is 0 Å². The molecule has 1 aromatic carbocycles. The molecule has 21 heavy (non-hydrogen) atoms. The molecule has 7 heteroatoms. The van der Waals surface area contributed by atoms with Gasteiger partial charge in [0.1, 0.15) is 17.6 Å². The summed E-state index contributed by atoms with van der Waals surface area (Å²) in [6.07, 6.45) is 0. The second-order valence-corrected chi connectivity index (χ2v) is 4.94. The Bertz CT molecular complexity index is 773. The van der Waals surface area contributed by atoms with E-state index in [2.05, 4.69) is 0 Å². The molecule has 0 spiro atoms. The third kappa shape index (κ3) is 3.17. The van der Waals surface area contributed by atoms with Crippen molar-refractivity contribution in [2.24, 2.45) is 0 Å². The molecule has 0 aliphatic carbocycles. The van der Waals surface area contributed by atoms with Crippen LogP contribution in [0.4, 0.5) is 4.39 Å². The molecular weight excluding hydrogens is 295 g/mol. The standard InChI is InChI=1S/C14H11FN2O3S/c1-2-20-13(18)12-8-21-14(19)17(12)7-9-3-4-11(15)10(5-9)6-16/h3-5,8H,2,7H2,1H3. The minimum Gasteiger partial charge on any atom is -0.461 e. The fourth-order valence-corrected chi connectivity index (χ4v) is 2.51. The van der Waals surface area contributed by atoms with Gasteiger partial charge in [-0.1, -0.05) is 17.4 Å². The van der Waals surface area contributed by atoms with Crippen molar-refractivity contribution < 1.29 is 13.9 Å². The van der Waals surface area contributed by atoms with Gasteiger partial charge in [0.25, 0.3) is 0 Å². The van der Waals surface area contributed by atoms with Gasteiger partial charge < -0.3 is 4.74 Å². The van der Waals surface area contributed by atoms with Crippen LogP contribution in [0.15, 0.2) is 28.4 Å². The van der Waals surface area contributed by atoms with Crippen molar-refractivity contribution in [2.75, 3.05) is 6.61 Å². The van der Waals surface area contributed by atoms with Crippen LogP contribution in [0.5, 0.6) is 0 Å². The summed E-state index contributed by atoms with van der Waals surface area (Å²) in [6, 6.07) is 5.72. The zero-order valence-corrected chi connectivity index (χ0v) is 11.9. The van der Waals surface area contributed by atoms with Gasteiger partial charge in [0, 0.05) is 5.38 Å². The number of aromatic nitrogens is 1. The fraction of sp³-hybridized carbons (Fsp3) is 0.214. The topological polar surface area (TPSA) is 72.1 Å². The lowest BCUT2D eigenvalue weighted by atomic mass is 10.1. The maximum Gasteiger partial charge on any atom is 0.355 e. The summed E-state index contributed by atoms with van der Waals surface area (Å²) >= 11 is 0.885. The van der Waals surface area contributed by atoms with Gasteiger partial charge >= 0.3 is 10.8 Å². The Balaban J connectivity index is 2.36. The van der Waals surface area contributed by atoms with Crippen LogP contribution in [0.3, 0.4) is 0 Å². The van der Waals surface area contributed by atoms with E-state index in [1.807, 2.05) is 0 Å². The van der Waals surface area contributed by atoms with Crippen LogP contribution in [0.2, 0.25) is 0 Å². The minimum absolute atomic E-state index is 0.0748. The Morgan fingerprint density at radius 2 is 2.29 bits per heavy atom. The predicted molar refractivity (Wildman–Crippen MR) is 74.8 cm³/mol. The van der Waals surface area contributed by atoms with E-state index in [-0.39, 0.29) is 29.3 Å². The Morgan fingerprint density at radius 3 is 2.95 bits per heavy atom. The number of nitriles is 1. The summed E-state index contributed by atoms with van der Waals surface area (Å²) in [7, 11) is 0. The molecule has 1 aromatic heterocycles. The zero-order valence-electron chi connectivity index (χ0n) is 11.1. The highest BCUT2D eigenvalue weighted by molar-refractivity contribution is 7.07. The SMILES string of the molecule is CCOC(=O)c1csc(=O)n1Cc1ccc(F)c(C#N)c1. The zero-order chi connectivity index (χ0) is 15.4. The molecule has 108 valence electrons. The van der Waals surface area contributed by atoms with Crippen molar-refractivity contribution in [1.29, 1.82) is 5.26 Å². The van der Waals surface area contributed by atoms with E-state index in [1.165, 1.54) is 22.1 Å². The Hall–Kier alpha value is -2.46. The molecule has 0 saturated carbocycles. The summed E-state index contributed by atoms with van der Waals surface area (Å²) in [5.74, 6) is -1.21. The van der Waals surface area contributed by atoms with Crippen LogP contribution in [0.25, 0.3) is 0 Å². The van der Waals surface area contributed by atoms with Gasteiger partial charge in [-0.3, -0.25) is 9.36 Å². The number of thiazole rings is 1. The monoisotopic (exact) mass is 306 g/mol. The molecule has 0 aliphatic heterocycles. The average molecular weight is 306 g/mol. The van der Waals surface area contributed by atoms with Crippen molar-refractivity contribution in [2.45, 2.75) is 13.5 Å². The van der Waals surface area contributed by atoms with Gasteiger partial charge in [0.2, 0.25) is 0 Å². The Kier molecular flexibility index (Phi) is 4.50. The number of hydrogen-bond donors (Lipinski definition) is 0. The second-order valence-electron chi connectivity index (χ2n) is 4.12. The van der Waals surface area contributed by atoms with Crippen molar-refractivity contribution in [3.63, 3.8) is 0 Å². The largest absolute Gasteiger partial charge is 0.461 e. The van der Waals surface area contributed by atoms with Crippen LogP contribution in [0.1, 0.15) is 28.5 Å². The van der Waals surface area contributed by atoms with E-state index in [4.69, 9.17) is 10.00 Å². The molecule has 0 radical (unpaired) electrons. The number of carbonyl (C=O) groups excluding carboxylic acids is 1. The van der Waals surface area contributed by atoms with E-state index in [0.29, 0.717) is 5.56 Å². The second kappa shape index (κ2) is 6.33. The van der Waals surface area contributed by atoms with E-state index in [9.17, 15) is 14.0 Å². The van der Waals surface area contributed by atoms with Gasteiger partial charge in [-0.2, -0.15) is 5.26 Å². The number of carbonyl (C=O) groups is 1. The average Bonchev–Trinajstić information content (AvgIpc) is 2.82. The molecule has 0 bridgehead atoms. The first-order valence-corrected chi connectivity index (χ1v) is 6.98. The highest BCUT2D eigenvalue weighted by Gasteiger charge is 2.16. The minimum atomic E-state index is -0.621. The first-order valence-electron chi connectivity index (χ1n) is 6.10. The van der Waals surface area contributed by atoms with Crippen LogP contribution in [0, 0.1) is 17.1 Å². The number of rotatable bonds is 4. The third-order valence-corrected chi connectivity index (χ3v) is 3.52. The van der Waals surface area contributed by atoms with Gasteiger partial charge in [-0.15, -0.1) is 0 Å². The third-order valence-electron chi connectivity index (χ3n) is 2.76. The lowest BCUT2D eigenvalue weighted by molar-refractivity contribution is 0.0514. The molecular formula is C14H11FN2O3S. The number of esters is 1. The highest BCUT2D eigenvalue weighted by atomic mass is 32.1. The molecule has 0 N–H and O–H groups in total. The Labute approximate surface area is 123 Å². The molecule has 0 saturated heterocycles. The molecule has 2 rings (SSSR count). The summed E-state index contributed by atoms with van der Waals surface area (Å²) < 4.78 is 19.4. The molecule has 0 aliphatic rings. The van der Waals surface area contributed by atoms with Gasteiger partial charge in [-0.05, 0) is 24.6 Å². The number of benzene rings is 1. The summed E-state index contributed by atoms with van der Waals surface area (Å²) in [6.45, 7) is 1.95. The maximum absolute atomic E-state index is 13.3. The van der Waals surface area contributed by atoms with Crippen LogP contribution in [-0.2, 0) is 11.3 Å². The molecule has 0 atom stereocenters. The first kappa shape index (κ1) is 14.9. The summed E-state index contributed by atoms with van der Waals surface area (Å²) in [5, 5.41) is 10.2. The summed E-state index contributed by atoms with van der Waals surface area (Å²) in [4.78, 5) is 23.2. The number of halogens is 1. The van der Waals surface area contributed by atoms with Crippen molar-refractivity contribution in [3.05, 3.63) is 55.9 Å². The fourth-order valence-electron chi connectivity index (χ4n) is 1.78. The van der Waals surface area contributed by atoms with Crippen LogP contribution < -0.4 is 4.87 Å². The van der Waals surface area contributed by atoms with Crippen molar-refractivity contribution in [3.8, 4) is 6.07 Å². The number of ether oxygens (including phenoxy) is 1. The van der Waals surface area contributed by atoms with E-state index in [0.717, 1.165) is 17.4 Å². The van der Waals surface area contributed by atoms with Gasteiger partial charge in [0.05, 0.1) is 18.7 Å². The molecule has 2 aromatic rings. The van der Waals surface area contributed by atoms with E-state index < -0.39 is 11.8 Å².